The number of rotatable bonds is 2. The van der Waals surface area contributed by atoms with Gasteiger partial charge in [0.15, 0.2) is 5.72 Å². The van der Waals surface area contributed by atoms with Crippen LogP contribution in [0.15, 0.2) is 30.3 Å². The summed E-state index contributed by atoms with van der Waals surface area (Å²) in [7, 11) is 0. The number of hydrogen-bond donors (Lipinski definition) is 2. The van der Waals surface area contributed by atoms with Crippen molar-refractivity contribution >= 4 is 5.91 Å². The molecule has 1 atom stereocenters. The summed E-state index contributed by atoms with van der Waals surface area (Å²) >= 11 is 0. The number of hydrogen-bond acceptors (Lipinski definition) is 3. The van der Waals surface area contributed by atoms with Crippen molar-refractivity contribution in [2.45, 2.75) is 25.2 Å². The highest BCUT2D eigenvalue weighted by Gasteiger charge is 2.51. The second-order valence-corrected chi connectivity index (χ2v) is 4.20. The smallest absolute Gasteiger partial charge is 0.261 e. The Kier molecular flexibility index (Phi) is 2.46. The third kappa shape index (κ3) is 1.69. The first-order valence-corrected chi connectivity index (χ1v) is 5.01. The number of primary amides is 1. The van der Waals surface area contributed by atoms with Crippen LogP contribution in [0.25, 0.3) is 0 Å². The van der Waals surface area contributed by atoms with Gasteiger partial charge < -0.3 is 5.73 Å². The van der Waals surface area contributed by atoms with Crippen molar-refractivity contribution < 1.29 is 9.63 Å². The van der Waals surface area contributed by atoms with Gasteiger partial charge in [0, 0.05) is 0 Å². The van der Waals surface area contributed by atoms with Crippen LogP contribution >= 0.6 is 0 Å². The molecule has 1 unspecified atom stereocenters. The van der Waals surface area contributed by atoms with Gasteiger partial charge in [0.1, 0.15) is 0 Å². The van der Waals surface area contributed by atoms with E-state index in [0.29, 0.717) is 5.56 Å². The number of carbonyl (C=O) groups excluding carboxylic acids is 1. The van der Waals surface area contributed by atoms with E-state index in [4.69, 9.17) is 10.6 Å². The summed E-state index contributed by atoms with van der Waals surface area (Å²) in [4.78, 5) is 16.9. The molecule has 3 N–H and O–H groups in total. The average molecular weight is 220 g/mol. The molecular formula is C11H14N3O2. The lowest BCUT2D eigenvalue weighted by Crippen LogP contribution is -2.54. The highest BCUT2D eigenvalue weighted by molar-refractivity contribution is 5.85. The van der Waals surface area contributed by atoms with Gasteiger partial charge in [-0.1, -0.05) is 30.3 Å². The van der Waals surface area contributed by atoms with E-state index >= 15 is 0 Å². The third-order valence-electron chi connectivity index (χ3n) is 2.43. The van der Waals surface area contributed by atoms with Crippen molar-refractivity contribution in [3.8, 4) is 0 Å². The molecule has 85 valence electrons. The van der Waals surface area contributed by atoms with Crippen LogP contribution in [0.5, 0.6) is 0 Å². The van der Waals surface area contributed by atoms with Crippen molar-refractivity contribution in [1.82, 2.24) is 10.8 Å². The number of carbonyl (C=O) groups is 1. The molecule has 1 aromatic rings. The lowest BCUT2D eigenvalue weighted by Gasteiger charge is -2.24. The molecular weight excluding hydrogens is 206 g/mol. The molecule has 0 spiro atoms. The van der Waals surface area contributed by atoms with Gasteiger partial charge in [-0.15, -0.1) is 0 Å². The van der Waals surface area contributed by atoms with Gasteiger partial charge in [-0.25, -0.2) is 0 Å². The first-order valence-electron chi connectivity index (χ1n) is 5.01. The molecule has 0 bridgehead atoms. The molecule has 1 amide bonds. The van der Waals surface area contributed by atoms with E-state index in [2.05, 4.69) is 10.8 Å². The molecule has 1 aromatic carbocycles. The molecule has 5 heteroatoms. The van der Waals surface area contributed by atoms with Crippen LogP contribution in [0.2, 0.25) is 0 Å². The molecule has 5 nitrogen and oxygen atoms in total. The maximum atomic E-state index is 11.6. The Hall–Kier alpha value is -1.43. The molecule has 1 fully saturated rings. The topological polar surface area (TPSA) is 78.5 Å². The summed E-state index contributed by atoms with van der Waals surface area (Å²) in [5.41, 5.74) is 6.66. The number of nitrogens with one attached hydrogen (secondary N) is 1. The number of nitrogens with zero attached hydrogens (tertiary/aromatic N) is 1. The number of hydroxylamine groups is 1. The highest BCUT2D eigenvalue weighted by Crippen LogP contribution is 2.29. The van der Waals surface area contributed by atoms with E-state index in [9.17, 15) is 4.79 Å². The Balaban J connectivity index is 2.43. The third-order valence-corrected chi connectivity index (χ3v) is 2.43. The highest BCUT2D eigenvalue weighted by atomic mass is 16.7. The minimum absolute atomic E-state index is 0.579. The monoisotopic (exact) mass is 220 g/mol. The maximum absolute atomic E-state index is 11.6. The van der Waals surface area contributed by atoms with Gasteiger partial charge >= 0.3 is 0 Å². The normalized spacial score (nSPS) is 27.9. The summed E-state index contributed by atoms with van der Waals surface area (Å²) in [6.45, 7) is 3.52. The second-order valence-electron chi connectivity index (χ2n) is 4.20. The van der Waals surface area contributed by atoms with Crippen LogP contribution in [0.3, 0.4) is 0 Å². The molecule has 1 heterocycles. The van der Waals surface area contributed by atoms with Gasteiger partial charge in [-0.2, -0.15) is 10.8 Å². The Labute approximate surface area is 93.9 Å². The van der Waals surface area contributed by atoms with E-state index in [1.807, 2.05) is 18.2 Å². The SMILES string of the molecule is CC1(C)[N]C(C(N)=O)(c2ccccc2)NO1. The van der Waals surface area contributed by atoms with E-state index in [0.717, 1.165) is 0 Å². The zero-order valence-electron chi connectivity index (χ0n) is 9.23. The molecule has 1 saturated heterocycles. The fourth-order valence-corrected chi connectivity index (χ4v) is 1.70. The van der Waals surface area contributed by atoms with Gasteiger partial charge in [-0.3, -0.25) is 9.63 Å². The molecule has 2 rings (SSSR count). The first kappa shape index (κ1) is 11.1. The lowest BCUT2D eigenvalue weighted by atomic mass is 9.99. The summed E-state index contributed by atoms with van der Waals surface area (Å²) in [5.74, 6) is -0.579. The van der Waals surface area contributed by atoms with Gasteiger partial charge in [0.2, 0.25) is 5.66 Å². The number of amides is 1. The zero-order valence-corrected chi connectivity index (χ0v) is 9.23. The lowest BCUT2D eigenvalue weighted by molar-refractivity contribution is -0.128. The Morgan fingerprint density at radius 1 is 1.38 bits per heavy atom. The van der Waals surface area contributed by atoms with Crippen molar-refractivity contribution in [1.29, 1.82) is 0 Å². The molecule has 1 radical (unpaired) electrons. The largest absolute Gasteiger partial charge is 0.366 e. The molecule has 0 aliphatic carbocycles. The molecule has 1 aliphatic heterocycles. The zero-order chi connectivity index (χ0) is 11.8. The molecule has 16 heavy (non-hydrogen) atoms. The summed E-state index contributed by atoms with van der Waals surface area (Å²) in [5, 5.41) is 4.31. The second kappa shape index (κ2) is 3.55. The van der Waals surface area contributed by atoms with Crippen LogP contribution in [0.1, 0.15) is 19.4 Å². The minimum Gasteiger partial charge on any atom is -0.366 e. The number of benzene rings is 1. The fraction of sp³-hybridized carbons (Fsp3) is 0.364. The Morgan fingerprint density at radius 3 is 2.44 bits per heavy atom. The molecule has 0 aromatic heterocycles. The minimum atomic E-state index is -1.29. The quantitative estimate of drug-likeness (QED) is 0.747. The van der Waals surface area contributed by atoms with Crippen LogP contribution in [0.4, 0.5) is 0 Å². The van der Waals surface area contributed by atoms with Crippen LogP contribution in [0, 0.1) is 0 Å². The van der Waals surface area contributed by atoms with E-state index in [1.54, 1.807) is 26.0 Å². The van der Waals surface area contributed by atoms with Crippen molar-refractivity contribution in [2.24, 2.45) is 5.73 Å². The van der Waals surface area contributed by atoms with Crippen LogP contribution < -0.4 is 16.5 Å². The first-order chi connectivity index (χ1) is 7.46. The predicted octanol–water partition coefficient (Wildman–Crippen LogP) is 0.200. The Bertz CT molecular complexity index is 405. The molecule has 1 aliphatic rings. The fourth-order valence-electron chi connectivity index (χ4n) is 1.70. The van der Waals surface area contributed by atoms with Crippen molar-refractivity contribution in [3.63, 3.8) is 0 Å². The van der Waals surface area contributed by atoms with Crippen molar-refractivity contribution in [3.05, 3.63) is 35.9 Å². The summed E-state index contributed by atoms with van der Waals surface area (Å²) in [6.07, 6.45) is 0. The van der Waals surface area contributed by atoms with E-state index < -0.39 is 17.3 Å². The van der Waals surface area contributed by atoms with E-state index in [1.165, 1.54) is 0 Å². The number of nitrogens with two attached hydrogens (primary N) is 1. The predicted molar refractivity (Wildman–Crippen MR) is 57.7 cm³/mol. The van der Waals surface area contributed by atoms with Gasteiger partial charge in [-0.05, 0) is 19.4 Å². The van der Waals surface area contributed by atoms with Crippen LogP contribution in [-0.4, -0.2) is 11.6 Å². The van der Waals surface area contributed by atoms with E-state index in [-0.39, 0.29) is 0 Å². The van der Waals surface area contributed by atoms with Gasteiger partial charge in [0.25, 0.3) is 5.91 Å². The Morgan fingerprint density at radius 2 is 2.00 bits per heavy atom. The maximum Gasteiger partial charge on any atom is 0.261 e. The van der Waals surface area contributed by atoms with Crippen molar-refractivity contribution in [2.75, 3.05) is 0 Å². The average Bonchev–Trinajstić information content (AvgIpc) is 2.57. The summed E-state index contributed by atoms with van der Waals surface area (Å²) in [6, 6.07) is 9.07. The standard InChI is InChI=1S/C11H14N3O2/c1-10(2)13-11(9(12)15,14-16-10)8-6-4-3-5-7-8/h3-7,14H,1-2H3,(H2,12,15). The van der Waals surface area contributed by atoms with Crippen LogP contribution in [-0.2, 0) is 15.3 Å². The summed E-state index contributed by atoms with van der Waals surface area (Å²) < 4.78 is 0. The van der Waals surface area contributed by atoms with Gasteiger partial charge in [0.05, 0.1) is 0 Å². The molecule has 0 saturated carbocycles.